The highest BCUT2D eigenvalue weighted by molar-refractivity contribution is 6.22. The van der Waals surface area contributed by atoms with E-state index in [0.717, 1.165) is 4.90 Å². The van der Waals surface area contributed by atoms with Crippen molar-refractivity contribution in [1.29, 1.82) is 0 Å². The molecule has 1 aromatic carbocycles. The molecule has 0 radical (unpaired) electrons. The highest BCUT2D eigenvalue weighted by atomic mass is 16.5. The molecule has 3 rings (SSSR count). The second kappa shape index (κ2) is 7.96. The standard InChI is InChI=1S/C21H24N2O5/c1-4-8-14-9-7-12-17(20(26)22(14)13(2)21(27)28-3)23-18(24)15-10-5-6-11-16(15)19(23)25/h4-6,10-11,13-14,17H,1,7-9,12H2,2-3H3/t13-,14-,17-/m0/s1. The van der Waals surface area contributed by atoms with Crippen LogP contribution >= 0.6 is 0 Å². The number of rotatable bonds is 5. The lowest BCUT2D eigenvalue weighted by molar-refractivity contribution is -0.155. The third-order valence-electron chi connectivity index (χ3n) is 5.48. The van der Waals surface area contributed by atoms with Crippen molar-refractivity contribution in [3.8, 4) is 0 Å². The van der Waals surface area contributed by atoms with Crippen molar-refractivity contribution in [2.75, 3.05) is 7.11 Å². The third kappa shape index (κ3) is 3.21. The van der Waals surface area contributed by atoms with E-state index < -0.39 is 35.8 Å². The van der Waals surface area contributed by atoms with Gasteiger partial charge in [0.05, 0.1) is 18.2 Å². The maximum absolute atomic E-state index is 13.5. The summed E-state index contributed by atoms with van der Waals surface area (Å²) in [6, 6.07) is 4.56. The first-order valence-electron chi connectivity index (χ1n) is 9.40. The van der Waals surface area contributed by atoms with Crippen LogP contribution in [0.5, 0.6) is 0 Å². The topological polar surface area (TPSA) is 84.0 Å². The summed E-state index contributed by atoms with van der Waals surface area (Å²) < 4.78 is 4.83. The monoisotopic (exact) mass is 384 g/mol. The van der Waals surface area contributed by atoms with E-state index in [-0.39, 0.29) is 6.04 Å². The fraction of sp³-hybridized carbons (Fsp3) is 0.429. The molecule has 3 amide bonds. The molecule has 7 heteroatoms. The summed E-state index contributed by atoms with van der Waals surface area (Å²) in [5.74, 6) is -1.87. The van der Waals surface area contributed by atoms with Gasteiger partial charge in [-0.25, -0.2) is 4.79 Å². The first kappa shape index (κ1) is 19.8. The average molecular weight is 384 g/mol. The zero-order valence-electron chi connectivity index (χ0n) is 16.1. The van der Waals surface area contributed by atoms with Gasteiger partial charge in [-0.15, -0.1) is 6.58 Å². The Kier molecular flexibility index (Phi) is 5.63. The molecule has 1 saturated heterocycles. The lowest BCUT2D eigenvalue weighted by atomic mass is 10.0. The van der Waals surface area contributed by atoms with E-state index in [1.807, 2.05) is 0 Å². The van der Waals surface area contributed by atoms with E-state index in [1.54, 1.807) is 37.3 Å². The number of esters is 1. The number of carbonyl (C=O) groups excluding carboxylic acids is 4. The Balaban J connectivity index is 1.97. The fourth-order valence-corrected chi connectivity index (χ4v) is 4.11. The van der Waals surface area contributed by atoms with Crippen molar-refractivity contribution in [1.82, 2.24) is 9.80 Å². The van der Waals surface area contributed by atoms with Gasteiger partial charge in [0, 0.05) is 6.04 Å². The summed E-state index contributed by atoms with van der Waals surface area (Å²) in [7, 11) is 1.27. The van der Waals surface area contributed by atoms with Crippen LogP contribution in [-0.4, -0.2) is 58.7 Å². The van der Waals surface area contributed by atoms with Crippen molar-refractivity contribution in [3.63, 3.8) is 0 Å². The summed E-state index contributed by atoms with van der Waals surface area (Å²) in [6.45, 7) is 5.35. The van der Waals surface area contributed by atoms with Crippen molar-refractivity contribution in [2.24, 2.45) is 0 Å². The predicted octanol–water partition coefficient (Wildman–Crippen LogP) is 2.17. The van der Waals surface area contributed by atoms with E-state index in [9.17, 15) is 19.2 Å². The number of hydrogen-bond acceptors (Lipinski definition) is 5. The lowest BCUT2D eigenvalue weighted by Crippen LogP contribution is -2.56. The zero-order chi connectivity index (χ0) is 20.4. The van der Waals surface area contributed by atoms with Gasteiger partial charge in [-0.1, -0.05) is 18.2 Å². The maximum atomic E-state index is 13.5. The molecule has 2 heterocycles. The molecule has 1 aromatic rings. The Morgan fingerprint density at radius 3 is 2.36 bits per heavy atom. The number of benzene rings is 1. The molecule has 0 aromatic heterocycles. The largest absolute Gasteiger partial charge is 0.467 e. The van der Waals surface area contributed by atoms with Crippen molar-refractivity contribution in [3.05, 3.63) is 48.0 Å². The Bertz CT molecular complexity index is 799. The van der Waals surface area contributed by atoms with E-state index >= 15 is 0 Å². The van der Waals surface area contributed by atoms with Crippen LogP contribution in [0.3, 0.4) is 0 Å². The van der Waals surface area contributed by atoms with Crippen LogP contribution in [0.15, 0.2) is 36.9 Å². The van der Waals surface area contributed by atoms with Crippen LogP contribution in [0.4, 0.5) is 0 Å². The number of hydrogen-bond donors (Lipinski definition) is 0. The number of likely N-dealkylation sites (tertiary alicyclic amines) is 1. The molecule has 1 fully saturated rings. The minimum absolute atomic E-state index is 0.237. The van der Waals surface area contributed by atoms with Gasteiger partial charge in [0.1, 0.15) is 12.1 Å². The minimum atomic E-state index is -0.936. The molecule has 0 N–H and O–H groups in total. The van der Waals surface area contributed by atoms with E-state index in [0.29, 0.717) is 36.8 Å². The Morgan fingerprint density at radius 2 is 1.82 bits per heavy atom. The predicted molar refractivity (Wildman–Crippen MR) is 102 cm³/mol. The van der Waals surface area contributed by atoms with Crippen LogP contribution in [0.1, 0.15) is 53.3 Å². The minimum Gasteiger partial charge on any atom is -0.467 e. The van der Waals surface area contributed by atoms with Gasteiger partial charge in [0.25, 0.3) is 11.8 Å². The van der Waals surface area contributed by atoms with Gasteiger partial charge in [-0.05, 0) is 44.7 Å². The van der Waals surface area contributed by atoms with E-state index in [4.69, 9.17) is 4.74 Å². The molecule has 7 nitrogen and oxygen atoms in total. The number of fused-ring (bicyclic) bond motifs is 1. The van der Waals surface area contributed by atoms with E-state index in [2.05, 4.69) is 6.58 Å². The van der Waals surface area contributed by atoms with Crippen LogP contribution < -0.4 is 0 Å². The molecule has 2 aliphatic rings. The van der Waals surface area contributed by atoms with Gasteiger partial charge in [0.15, 0.2) is 0 Å². The summed E-state index contributed by atoms with van der Waals surface area (Å²) in [5, 5.41) is 0. The van der Waals surface area contributed by atoms with Gasteiger partial charge >= 0.3 is 5.97 Å². The molecule has 0 spiro atoms. The first-order chi connectivity index (χ1) is 13.4. The Hall–Kier alpha value is -2.96. The quantitative estimate of drug-likeness (QED) is 0.441. The van der Waals surface area contributed by atoms with Gasteiger partial charge < -0.3 is 9.64 Å². The van der Waals surface area contributed by atoms with Crippen LogP contribution in [-0.2, 0) is 14.3 Å². The normalized spacial score (nSPS) is 23.3. The second-order valence-electron chi connectivity index (χ2n) is 7.10. The van der Waals surface area contributed by atoms with Crippen LogP contribution in [0, 0.1) is 0 Å². The molecule has 3 atom stereocenters. The number of nitrogens with zero attached hydrogens (tertiary/aromatic N) is 2. The van der Waals surface area contributed by atoms with Crippen LogP contribution in [0.2, 0.25) is 0 Å². The number of methoxy groups -OCH3 is 1. The smallest absolute Gasteiger partial charge is 0.328 e. The summed E-state index contributed by atoms with van der Waals surface area (Å²) in [6.07, 6.45) is 3.88. The third-order valence-corrected chi connectivity index (χ3v) is 5.48. The summed E-state index contributed by atoms with van der Waals surface area (Å²) >= 11 is 0. The SMILES string of the molecule is C=CC[C@H]1CCC[C@H](N2C(=O)c3ccccc3C2=O)C(=O)N1[C@@H](C)C(=O)OC. The molecule has 28 heavy (non-hydrogen) atoms. The summed E-state index contributed by atoms with van der Waals surface area (Å²) in [4.78, 5) is 53.9. The number of ether oxygens (including phenoxy) is 1. The average Bonchev–Trinajstić information content (AvgIpc) is 2.84. The van der Waals surface area contributed by atoms with Crippen molar-refractivity contribution < 1.29 is 23.9 Å². The van der Waals surface area contributed by atoms with Crippen LogP contribution in [0.25, 0.3) is 0 Å². The maximum Gasteiger partial charge on any atom is 0.328 e. The molecule has 0 unspecified atom stereocenters. The Morgan fingerprint density at radius 1 is 1.21 bits per heavy atom. The highest BCUT2D eigenvalue weighted by Crippen LogP contribution is 2.31. The van der Waals surface area contributed by atoms with Crippen molar-refractivity contribution in [2.45, 2.75) is 50.7 Å². The summed E-state index contributed by atoms with van der Waals surface area (Å²) in [5.41, 5.74) is 0.611. The van der Waals surface area contributed by atoms with E-state index in [1.165, 1.54) is 12.0 Å². The van der Waals surface area contributed by atoms with Gasteiger partial charge in [0.2, 0.25) is 5.91 Å². The number of amides is 3. The molecule has 0 saturated carbocycles. The van der Waals surface area contributed by atoms with Gasteiger partial charge in [-0.3, -0.25) is 19.3 Å². The molecule has 0 aliphatic carbocycles. The molecule has 148 valence electrons. The molecular weight excluding hydrogens is 360 g/mol. The number of carbonyl (C=O) groups is 4. The van der Waals surface area contributed by atoms with Gasteiger partial charge in [-0.2, -0.15) is 0 Å². The molecule has 0 bridgehead atoms. The van der Waals surface area contributed by atoms with Crippen molar-refractivity contribution >= 4 is 23.7 Å². The molecular formula is C21H24N2O5. The fourth-order valence-electron chi connectivity index (χ4n) is 4.11. The number of imide groups is 1. The second-order valence-corrected chi connectivity index (χ2v) is 7.10. The molecule has 2 aliphatic heterocycles. The highest BCUT2D eigenvalue weighted by Gasteiger charge is 2.47. The lowest BCUT2D eigenvalue weighted by Gasteiger charge is -2.36. The zero-order valence-corrected chi connectivity index (χ0v) is 16.1. The Labute approximate surface area is 163 Å². The first-order valence-corrected chi connectivity index (χ1v) is 9.40.